The van der Waals surface area contributed by atoms with E-state index in [1.54, 1.807) is 6.07 Å². The first-order chi connectivity index (χ1) is 10.2. The van der Waals surface area contributed by atoms with E-state index in [-0.39, 0.29) is 12.2 Å². The maximum absolute atomic E-state index is 13.8. The van der Waals surface area contributed by atoms with Gasteiger partial charge in [0.15, 0.2) is 0 Å². The number of nitrogens with zero attached hydrogens (tertiary/aromatic N) is 1. The zero-order chi connectivity index (χ0) is 15.1. The molecule has 2 aromatic rings. The number of hydrogen-bond donors (Lipinski definition) is 1. The van der Waals surface area contributed by atoms with E-state index in [0.29, 0.717) is 18.1 Å². The second-order valence-electron chi connectivity index (χ2n) is 4.40. The summed E-state index contributed by atoms with van der Waals surface area (Å²) in [6.07, 6.45) is 0. The molecule has 0 atom stereocenters. The zero-order valence-electron chi connectivity index (χ0n) is 11.8. The Kier molecular flexibility index (Phi) is 5.29. The molecule has 2 N–H and O–H groups in total. The second kappa shape index (κ2) is 7.40. The highest BCUT2D eigenvalue weighted by molar-refractivity contribution is 6.01. The van der Waals surface area contributed by atoms with Crippen molar-refractivity contribution in [3.63, 3.8) is 0 Å². The van der Waals surface area contributed by atoms with Crippen molar-refractivity contribution >= 4 is 5.71 Å². The summed E-state index contributed by atoms with van der Waals surface area (Å²) in [6, 6.07) is 14.1. The van der Waals surface area contributed by atoms with Gasteiger partial charge in [-0.2, -0.15) is 5.10 Å². The van der Waals surface area contributed by atoms with Gasteiger partial charge in [0, 0.05) is 5.56 Å². The van der Waals surface area contributed by atoms with Crippen molar-refractivity contribution in [3.8, 4) is 5.75 Å². The third-order valence-corrected chi connectivity index (χ3v) is 2.99. The molecule has 0 heterocycles. The van der Waals surface area contributed by atoms with Crippen LogP contribution in [0.1, 0.15) is 11.1 Å². The highest BCUT2D eigenvalue weighted by atomic mass is 19.1. The topological polar surface area (TPSA) is 56.8 Å². The zero-order valence-corrected chi connectivity index (χ0v) is 11.8. The first-order valence-electron chi connectivity index (χ1n) is 6.47. The van der Waals surface area contributed by atoms with Crippen LogP contribution in [0.4, 0.5) is 4.39 Å². The number of nitrogens with two attached hydrogens (primary N) is 1. The van der Waals surface area contributed by atoms with Gasteiger partial charge in [0.1, 0.15) is 11.6 Å². The third kappa shape index (κ3) is 4.03. The number of hydrazone groups is 1. The first-order valence-corrected chi connectivity index (χ1v) is 6.47. The fourth-order valence-electron chi connectivity index (χ4n) is 1.88. The Labute approximate surface area is 123 Å². The average Bonchev–Trinajstić information content (AvgIpc) is 2.53. The van der Waals surface area contributed by atoms with Gasteiger partial charge in [0.2, 0.25) is 0 Å². The van der Waals surface area contributed by atoms with Gasteiger partial charge in [0.05, 0.1) is 26.0 Å². The maximum Gasteiger partial charge on any atom is 0.132 e. The molecule has 0 bridgehead atoms. The standard InChI is InChI=1S/C16H17FN2O2/c1-20-13-7-8-15(17)14(9-13)16(19-18)11-21-10-12-5-3-2-4-6-12/h2-9H,10-11,18H2,1H3/b19-16+. The molecule has 5 heteroatoms. The smallest absolute Gasteiger partial charge is 0.132 e. The molecule has 2 rings (SSSR count). The van der Waals surface area contributed by atoms with Crippen LogP contribution in [0.25, 0.3) is 0 Å². The van der Waals surface area contributed by atoms with Crippen LogP contribution in [0.15, 0.2) is 53.6 Å². The predicted octanol–water partition coefficient (Wildman–Crippen LogP) is 2.71. The molecule has 0 saturated carbocycles. The Hall–Kier alpha value is -2.40. The Bertz CT molecular complexity index is 615. The van der Waals surface area contributed by atoms with Gasteiger partial charge in [-0.3, -0.25) is 0 Å². The van der Waals surface area contributed by atoms with E-state index in [1.807, 2.05) is 30.3 Å². The Morgan fingerprint density at radius 2 is 1.95 bits per heavy atom. The van der Waals surface area contributed by atoms with Crippen molar-refractivity contribution < 1.29 is 13.9 Å². The van der Waals surface area contributed by atoms with Crippen LogP contribution in [0, 0.1) is 5.82 Å². The summed E-state index contributed by atoms with van der Waals surface area (Å²) >= 11 is 0. The molecular formula is C16H17FN2O2. The van der Waals surface area contributed by atoms with Crippen molar-refractivity contribution in [2.75, 3.05) is 13.7 Å². The van der Waals surface area contributed by atoms with E-state index < -0.39 is 5.82 Å². The molecular weight excluding hydrogens is 271 g/mol. The lowest BCUT2D eigenvalue weighted by Gasteiger charge is -2.09. The molecule has 0 unspecified atom stereocenters. The van der Waals surface area contributed by atoms with E-state index in [1.165, 1.54) is 19.2 Å². The second-order valence-corrected chi connectivity index (χ2v) is 4.40. The van der Waals surface area contributed by atoms with Gasteiger partial charge in [-0.15, -0.1) is 0 Å². The summed E-state index contributed by atoms with van der Waals surface area (Å²) < 4.78 is 24.5. The summed E-state index contributed by atoms with van der Waals surface area (Å²) in [6.45, 7) is 0.529. The molecule has 0 aromatic heterocycles. The van der Waals surface area contributed by atoms with E-state index in [4.69, 9.17) is 15.3 Å². The third-order valence-electron chi connectivity index (χ3n) is 2.99. The van der Waals surface area contributed by atoms with E-state index >= 15 is 0 Å². The summed E-state index contributed by atoms with van der Waals surface area (Å²) in [5.74, 6) is 5.47. The first kappa shape index (κ1) is 15.0. The maximum atomic E-state index is 13.8. The Morgan fingerprint density at radius 1 is 1.19 bits per heavy atom. The minimum absolute atomic E-state index is 0.121. The molecule has 0 radical (unpaired) electrons. The highest BCUT2D eigenvalue weighted by Crippen LogP contribution is 2.17. The molecule has 0 aliphatic heterocycles. The van der Waals surface area contributed by atoms with E-state index in [0.717, 1.165) is 5.56 Å². The lowest BCUT2D eigenvalue weighted by molar-refractivity contribution is 0.158. The van der Waals surface area contributed by atoms with Gasteiger partial charge in [-0.05, 0) is 23.8 Å². The quantitative estimate of drug-likeness (QED) is 0.505. The van der Waals surface area contributed by atoms with E-state index in [2.05, 4.69) is 5.10 Å². The van der Waals surface area contributed by atoms with Gasteiger partial charge in [-0.1, -0.05) is 30.3 Å². The number of benzene rings is 2. The molecule has 0 fully saturated rings. The Morgan fingerprint density at radius 3 is 2.62 bits per heavy atom. The van der Waals surface area contributed by atoms with Crippen molar-refractivity contribution in [2.45, 2.75) is 6.61 Å². The molecule has 0 aliphatic carbocycles. The summed E-state index contributed by atoms with van der Waals surface area (Å²) in [7, 11) is 1.52. The Balaban J connectivity index is 2.04. The fourth-order valence-corrected chi connectivity index (χ4v) is 1.88. The fraction of sp³-hybridized carbons (Fsp3) is 0.188. The van der Waals surface area contributed by atoms with Gasteiger partial charge >= 0.3 is 0 Å². The lowest BCUT2D eigenvalue weighted by Crippen LogP contribution is -2.14. The van der Waals surface area contributed by atoms with Crippen molar-refractivity contribution in [1.82, 2.24) is 0 Å². The summed E-state index contributed by atoms with van der Waals surface area (Å²) in [4.78, 5) is 0. The predicted molar refractivity (Wildman–Crippen MR) is 79.8 cm³/mol. The minimum Gasteiger partial charge on any atom is -0.497 e. The molecule has 0 saturated heterocycles. The normalized spacial score (nSPS) is 11.4. The molecule has 2 aromatic carbocycles. The van der Waals surface area contributed by atoms with Crippen LogP contribution >= 0.6 is 0 Å². The monoisotopic (exact) mass is 288 g/mol. The van der Waals surface area contributed by atoms with Crippen LogP contribution in [0.2, 0.25) is 0 Å². The van der Waals surface area contributed by atoms with Crippen LogP contribution in [-0.2, 0) is 11.3 Å². The number of rotatable bonds is 6. The number of ether oxygens (including phenoxy) is 2. The summed E-state index contributed by atoms with van der Waals surface area (Å²) in [5.41, 5.74) is 1.65. The number of methoxy groups -OCH3 is 1. The number of halogens is 1. The van der Waals surface area contributed by atoms with Crippen molar-refractivity contribution in [1.29, 1.82) is 0 Å². The molecule has 21 heavy (non-hydrogen) atoms. The molecule has 4 nitrogen and oxygen atoms in total. The van der Waals surface area contributed by atoms with Crippen LogP contribution in [-0.4, -0.2) is 19.4 Å². The largest absolute Gasteiger partial charge is 0.497 e. The van der Waals surface area contributed by atoms with Crippen LogP contribution < -0.4 is 10.6 Å². The molecule has 0 spiro atoms. The summed E-state index contributed by atoms with van der Waals surface area (Å²) in [5, 5.41) is 3.62. The van der Waals surface area contributed by atoms with E-state index in [9.17, 15) is 4.39 Å². The SMILES string of the molecule is COc1ccc(F)c(/C(COCc2ccccc2)=N/N)c1. The lowest BCUT2D eigenvalue weighted by atomic mass is 10.1. The van der Waals surface area contributed by atoms with Gasteiger partial charge < -0.3 is 15.3 Å². The molecule has 110 valence electrons. The minimum atomic E-state index is -0.414. The van der Waals surface area contributed by atoms with Crippen LogP contribution in [0.3, 0.4) is 0 Å². The van der Waals surface area contributed by atoms with Gasteiger partial charge in [0.25, 0.3) is 0 Å². The highest BCUT2D eigenvalue weighted by Gasteiger charge is 2.11. The molecule has 0 aliphatic rings. The number of hydrogen-bond acceptors (Lipinski definition) is 4. The van der Waals surface area contributed by atoms with Crippen molar-refractivity contribution in [3.05, 3.63) is 65.5 Å². The average molecular weight is 288 g/mol. The molecule has 0 amide bonds. The van der Waals surface area contributed by atoms with Crippen molar-refractivity contribution in [2.24, 2.45) is 10.9 Å². The van der Waals surface area contributed by atoms with Gasteiger partial charge in [-0.25, -0.2) is 4.39 Å². The van der Waals surface area contributed by atoms with Crippen LogP contribution in [0.5, 0.6) is 5.75 Å².